The van der Waals surface area contributed by atoms with Gasteiger partial charge in [-0.1, -0.05) is 6.07 Å². The summed E-state index contributed by atoms with van der Waals surface area (Å²) in [5.41, 5.74) is 4.07. The number of urea groups is 1. The fourth-order valence-corrected chi connectivity index (χ4v) is 3.18. The second-order valence-electron chi connectivity index (χ2n) is 6.82. The highest BCUT2D eigenvalue weighted by atomic mass is 19.4. The van der Waals surface area contributed by atoms with Gasteiger partial charge in [0.05, 0.1) is 29.7 Å². The molecule has 160 valence electrons. The molecular weight excluding hydrogens is 411 g/mol. The van der Waals surface area contributed by atoms with Crippen LogP contribution >= 0.6 is 0 Å². The Morgan fingerprint density at radius 3 is 2.87 bits per heavy atom. The number of carbonyl (C=O) groups excluding carboxylic acids is 1. The number of halogens is 3. The zero-order valence-electron chi connectivity index (χ0n) is 16.1. The van der Waals surface area contributed by atoms with Crippen molar-refractivity contribution in [3.8, 4) is 0 Å². The molecule has 2 aromatic heterocycles. The highest BCUT2D eigenvalue weighted by molar-refractivity contribution is 5.80. The van der Waals surface area contributed by atoms with Crippen molar-refractivity contribution in [1.82, 2.24) is 25.3 Å². The molecule has 0 bridgehead atoms. The van der Waals surface area contributed by atoms with Crippen LogP contribution in [0.1, 0.15) is 22.5 Å². The molecule has 2 amide bonds. The van der Waals surface area contributed by atoms with Crippen molar-refractivity contribution < 1.29 is 18.0 Å². The van der Waals surface area contributed by atoms with Crippen molar-refractivity contribution in [2.24, 2.45) is 5.10 Å². The molecule has 3 N–H and O–H groups in total. The Morgan fingerprint density at radius 1 is 1.23 bits per heavy atom. The summed E-state index contributed by atoms with van der Waals surface area (Å²) in [4.78, 5) is 25.4. The average Bonchev–Trinajstić information content (AvgIpc) is 3.27. The molecule has 0 saturated carbocycles. The van der Waals surface area contributed by atoms with E-state index in [4.69, 9.17) is 0 Å². The summed E-state index contributed by atoms with van der Waals surface area (Å²) in [6, 6.07) is 8.06. The summed E-state index contributed by atoms with van der Waals surface area (Å²) in [5, 5.41) is 6.84. The molecule has 0 spiro atoms. The Balaban J connectivity index is 1.48. The SMILES string of the molecule is O=C(N/N=C/c1ccc[nH]1)N1CCc2ncnc(Nc3cccc(C(F)(F)F)c3)c2C1. The van der Waals surface area contributed by atoms with Crippen molar-refractivity contribution in [1.29, 1.82) is 0 Å². The van der Waals surface area contributed by atoms with Gasteiger partial charge in [-0.3, -0.25) is 0 Å². The molecule has 0 aliphatic carbocycles. The van der Waals surface area contributed by atoms with E-state index in [1.54, 1.807) is 12.3 Å². The first-order chi connectivity index (χ1) is 14.9. The monoisotopic (exact) mass is 429 g/mol. The molecule has 4 rings (SSSR count). The van der Waals surface area contributed by atoms with E-state index in [2.05, 4.69) is 30.8 Å². The molecule has 0 fully saturated rings. The summed E-state index contributed by atoms with van der Waals surface area (Å²) in [7, 11) is 0. The maximum Gasteiger partial charge on any atom is 0.416 e. The van der Waals surface area contributed by atoms with E-state index in [0.717, 1.165) is 23.5 Å². The first-order valence-corrected chi connectivity index (χ1v) is 9.38. The Morgan fingerprint density at radius 2 is 2.10 bits per heavy atom. The van der Waals surface area contributed by atoms with Gasteiger partial charge in [0, 0.05) is 30.4 Å². The predicted octanol–water partition coefficient (Wildman–Crippen LogP) is 3.67. The summed E-state index contributed by atoms with van der Waals surface area (Å²) >= 11 is 0. The zero-order chi connectivity index (χ0) is 21.8. The number of anilines is 2. The molecule has 0 radical (unpaired) electrons. The van der Waals surface area contributed by atoms with Crippen molar-refractivity contribution in [2.45, 2.75) is 19.1 Å². The van der Waals surface area contributed by atoms with Crippen LogP contribution in [0.3, 0.4) is 0 Å². The summed E-state index contributed by atoms with van der Waals surface area (Å²) in [6.45, 7) is 0.623. The number of H-pyrrole nitrogens is 1. The van der Waals surface area contributed by atoms with Crippen LogP contribution < -0.4 is 10.7 Å². The third-order valence-corrected chi connectivity index (χ3v) is 4.73. The van der Waals surface area contributed by atoms with Crippen LogP contribution in [0.15, 0.2) is 54.0 Å². The van der Waals surface area contributed by atoms with Gasteiger partial charge >= 0.3 is 12.2 Å². The van der Waals surface area contributed by atoms with E-state index in [-0.39, 0.29) is 12.2 Å². The number of benzene rings is 1. The summed E-state index contributed by atoms with van der Waals surface area (Å²) in [5.74, 6) is 0.358. The highest BCUT2D eigenvalue weighted by Crippen LogP contribution is 2.32. The van der Waals surface area contributed by atoms with Crippen LogP contribution in [0, 0.1) is 0 Å². The number of alkyl halides is 3. The molecular formula is C20H18F3N7O. The predicted molar refractivity (Wildman–Crippen MR) is 108 cm³/mol. The smallest absolute Gasteiger partial charge is 0.360 e. The van der Waals surface area contributed by atoms with Crippen LogP contribution in [0.2, 0.25) is 0 Å². The number of hydrogen-bond acceptors (Lipinski definition) is 5. The Labute approximate surface area is 175 Å². The van der Waals surface area contributed by atoms with Gasteiger partial charge in [0.15, 0.2) is 0 Å². The van der Waals surface area contributed by atoms with Crippen molar-refractivity contribution in [2.75, 3.05) is 11.9 Å². The van der Waals surface area contributed by atoms with Crippen LogP contribution in [0.25, 0.3) is 0 Å². The molecule has 8 nitrogen and oxygen atoms in total. The maximum absolute atomic E-state index is 13.0. The molecule has 1 aliphatic rings. The molecule has 0 saturated heterocycles. The minimum Gasteiger partial charge on any atom is -0.360 e. The van der Waals surface area contributed by atoms with Gasteiger partial charge in [-0.15, -0.1) is 0 Å². The van der Waals surface area contributed by atoms with E-state index in [1.807, 2.05) is 6.07 Å². The van der Waals surface area contributed by atoms with Gasteiger partial charge in [-0.05, 0) is 30.3 Å². The standard InChI is InChI=1S/C20H18F3N7O/c21-20(22,23)13-3-1-4-14(9-13)28-18-16-11-30(8-6-17(16)25-12-26-18)19(31)29-27-10-15-5-2-7-24-15/h1-5,7,9-10,12,24H,6,8,11H2,(H,29,31)(H,25,26,28)/b27-10+. The highest BCUT2D eigenvalue weighted by Gasteiger charge is 2.30. The van der Waals surface area contributed by atoms with Gasteiger partial charge in [0.2, 0.25) is 0 Å². The van der Waals surface area contributed by atoms with Gasteiger partial charge < -0.3 is 15.2 Å². The van der Waals surface area contributed by atoms with Gasteiger partial charge in [-0.2, -0.15) is 18.3 Å². The number of aromatic nitrogens is 3. The lowest BCUT2D eigenvalue weighted by atomic mass is 10.1. The third-order valence-electron chi connectivity index (χ3n) is 4.73. The van der Waals surface area contributed by atoms with E-state index >= 15 is 0 Å². The molecule has 3 heterocycles. The number of fused-ring (bicyclic) bond motifs is 1. The number of hydrogen-bond donors (Lipinski definition) is 3. The first kappa shape index (κ1) is 20.4. The number of rotatable bonds is 4. The molecule has 0 atom stereocenters. The van der Waals surface area contributed by atoms with Gasteiger partial charge in [0.25, 0.3) is 0 Å². The Kier molecular flexibility index (Phi) is 5.56. The molecule has 1 aliphatic heterocycles. The second-order valence-corrected chi connectivity index (χ2v) is 6.82. The van der Waals surface area contributed by atoms with Crippen molar-refractivity contribution in [3.63, 3.8) is 0 Å². The quantitative estimate of drug-likeness (QED) is 0.435. The molecule has 0 unspecified atom stereocenters. The van der Waals surface area contributed by atoms with E-state index in [1.165, 1.54) is 29.6 Å². The van der Waals surface area contributed by atoms with Crippen LogP contribution in [0.4, 0.5) is 29.5 Å². The minimum absolute atomic E-state index is 0.196. The Bertz CT molecular complexity index is 1100. The van der Waals surface area contributed by atoms with E-state index < -0.39 is 17.8 Å². The summed E-state index contributed by atoms with van der Waals surface area (Å²) in [6.07, 6.45) is 0.621. The van der Waals surface area contributed by atoms with E-state index in [0.29, 0.717) is 24.3 Å². The lowest BCUT2D eigenvalue weighted by Gasteiger charge is -2.28. The van der Waals surface area contributed by atoms with Crippen LogP contribution in [0.5, 0.6) is 0 Å². The number of nitrogens with zero attached hydrogens (tertiary/aromatic N) is 4. The molecule has 11 heteroatoms. The normalized spacial score (nSPS) is 13.8. The van der Waals surface area contributed by atoms with Crippen molar-refractivity contribution >= 4 is 23.8 Å². The number of carbonyl (C=O) groups is 1. The van der Waals surface area contributed by atoms with E-state index in [9.17, 15) is 18.0 Å². The number of aromatic amines is 1. The summed E-state index contributed by atoms with van der Waals surface area (Å²) < 4.78 is 39.0. The largest absolute Gasteiger partial charge is 0.416 e. The van der Waals surface area contributed by atoms with Crippen LogP contribution in [-0.2, 0) is 19.1 Å². The third kappa shape index (κ3) is 4.82. The first-order valence-electron chi connectivity index (χ1n) is 9.38. The molecule has 1 aromatic carbocycles. The minimum atomic E-state index is -4.45. The number of nitrogens with one attached hydrogen (secondary N) is 3. The Hall–Kier alpha value is -3.89. The lowest BCUT2D eigenvalue weighted by Crippen LogP contribution is -2.41. The fourth-order valence-electron chi connectivity index (χ4n) is 3.18. The van der Waals surface area contributed by atoms with Crippen molar-refractivity contribution in [3.05, 3.63) is 71.4 Å². The lowest BCUT2D eigenvalue weighted by molar-refractivity contribution is -0.137. The molecule has 31 heavy (non-hydrogen) atoms. The number of hydrazone groups is 1. The topological polar surface area (TPSA) is 98.3 Å². The van der Waals surface area contributed by atoms with Crippen LogP contribution in [-0.4, -0.2) is 38.6 Å². The number of amides is 2. The average molecular weight is 429 g/mol. The molecule has 3 aromatic rings. The second kappa shape index (κ2) is 8.46. The fraction of sp³-hybridized carbons (Fsp3) is 0.200. The van der Waals surface area contributed by atoms with Gasteiger partial charge in [-0.25, -0.2) is 20.2 Å². The zero-order valence-corrected chi connectivity index (χ0v) is 16.1. The van der Waals surface area contributed by atoms with Gasteiger partial charge in [0.1, 0.15) is 12.1 Å². The maximum atomic E-state index is 13.0.